The highest BCUT2D eigenvalue weighted by molar-refractivity contribution is 7.91. The largest absolute Gasteiger partial charge is 0.324 e. The van der Waals surface area contributed by atoms with Crippen LogP contribution in [0.5, 0.6) is 0 Å². The molecule has 0 aliphatic carbocycles. The van der Waals surface area contributed by atoms with Crippen LogP contribution < -0.4 is 10.9 Å². The van der Waals surface area contributed by atoms with Crippen molar-refractivity contribution in [2.45, 2.75) is 30.3 Å². The maximum atomic E-state index is 12.8. The quantitative estimate of drug-likeness (QED) is 0.713. The van der Waals surface area contributed by atoms with Gasteiger partial charge < -0.3 is 5.32 Å². The molecule has 28 heavy (non-hydrogen) atoms. The summed E-state index contributed by atoms with van der Waals surface area (Å²) in [5.41, 5.74) is 1.84. The van der Waals surface area contributed by atoms with Gasteiger partial charge in [0.25, 0.3) is 5.56 Å². The molecule has 3 aromatic rings. The summed E-state index contributed by atoms with van der Waals surface area (Å²) in [6, 6.07) is 15.8. The van der Waals surface area contributed by atoms with E-state index in [1.807, 2.05) is 19.1 Å². The summed E-state index contributed by atoms with van der Waals surface area (Å²) in [6.45, 7) is 3.31. The molecule has 0 aliphatic heterocycles. The van der Waals surface area contributed by atoms with Crippen LogP contribution in [0.1, 0.15) is 11.1 Å². The fourth-order valence-corrected chi connectivity index (χ4v) is 3.86. The average molecular weight is 397 g/mol. The third-order valence-corrected chi connectivity index (χ3v) is 5.69. The van der Waals surface area contributed by atoms with Crippen molar-refractivity contribution >= 4 is 21.4 Å². The van der Waals surface area contributed by atoms with Crippen LogP contribution in [0.3, 0.4) is 0 Å². The van der Waals surface area contributed by atoms with Crippen molar-refractivity contribution in [1.82, 2.24) is 9.78 Å². The van der Waals surface area contributed by atoms with E-state index in [4.69, 9.17) is 0 Å². The smallest absolute Gasteiger partial charge is 0.267 e. The third kappa shape index (κ3) is 4.34. The molecule has 8 heteroatoms. The van der Waals surface area contributed by atoms with Crippen molar-refractivity contribution < 1.29 is 13.2 Å². The summed E-state index contributed by atoms with van der Waals surface area (Å²) in [5, 5.41) is 6.26. The third-order valence-electron chi connectivity index (χ3n) is 4.05. The van der Waals surface area contributed by atoms with Crippen molar-refractivity contribution in [2.75, 3.05) is 5.32 Å². The molecule has 1 amide bonds. The van der Waals surface area contributed by atoms with Gasteiger partial charge in [0.05, 0.1) is 4.90 Å². The Bertz CT molecular complexity index is 1180. The van der Waals surface area contributed by atoms with Crippen LogP contribution in [-0.4, -0.2) is 24.1 Å². The second kappa shape index (κ2) is 7.77. The van der Waals surface area contributed by atoms with Crippen LogP contribution in [0.2, 0.25) is 0 Å². The number of hydrogen-bond acceptors (Lipinski definition) is 5. The predicted octanol–water partition coefficient (Wildman–Crippen LogP) is 2.33. The van der Waals surface area contributed by atoms with Gasteiger partial charge in [-0.2, -0.15) is 5.10 Å². The first-order chi connectivity index (χ1) is 13.3. The van der Waals surface area contributed by atoms with Gasteiger partial charge >= 0.3 is 0 Å². The van der Waals surface area contributed by atoms with Gasteiger partial charge in [0.1, 0.15) is 6.54 Å². The topological polar surface area (TPSA) is 98.1 Å². The van der Waals surface area contributed by atoms with E-state index >= 15 is 0 Å². The van der Waals surface area contributed by atoms with Crippen LogP contribution in [0.15, 0.2) is 75.4 Å². The number of amides is 1. The molecule has 0 spiro atoms. The Morgan fingerprint density at radius 2 is 1.71 bits per heavy atom. The highest BCUT2D eigenvalue weighted by atomic mass is 32.2. The fourth-order valence-electron chi connectivity index (χ4n) is 2.56. The zero-order valence-corrected chi connectivity index (χ0v) is 16.2. The van der Waals surface area contributed by atoms with E-state index < -0.39 is 27.8 Å². The molecular weight excluding hydrogens is 378 g/mol. The normalized spacial score (nSPS) is 11.2. The first-order valence-corrected chi connectivity index (χ1v) is 10.0. The molecule has 0 saturated carbocycles. The number of carbonyl (C=O) groups is 1. The van der Waals surface area contributed by atoms with E-state index in [0.29, 0.717) is 5.69 Å². The number of rotatable bonds is 5. The Labute approximate surface area is 162 Å². The van der Waals surface area contributed by atoms with Gasteiger partial charge in [-0.15, -0.1) is 0 Å². The summed E-state index contributed by atoms with van der Waals surface area (Å²) in [7, 11) is -3.90. The lowest BCUT2D eigenvalue weighted by molar-refractivity contribution is -0.117. The zero-order chi connectivity index (χ0) is 20.3. The summed E-state index contributed by atoms with van der Waals surface area (Å²) in [6.07, 6.45) is 0. The van der Waals surface area contributed by atoms with E-state index in [2.05, 4.69) is 10.4 Å². The Kier molecular flexibility index (Phi) is 5.41. The molecule has 1 heterocycles. The van der Waals surface area contributed by atoms with Gasteiger partial charge in [-0.1, -0.05) is 29.8 Å². The number of carbonyl (C=O) groups excluding carboxylic acids is 1. The molecule has 144 valence electrons. The highest BCUT2D eigenvalue weighted by Gasteiger charge is 2.21. The lowest BCUT2D eigenvalue weighted by Gasteiger charge is -2.09. The second-order valence-corrected chi connectivity index (χ2v) is 8.30. The number of nitrogens with one attached hydrogen (secondary N) is 1. The van der Waals surface area contributed by atoms with Gasteiger partial charge in [0.2, 0.25) is 15.7 Å². The summed E-state index contributed by atoms with van der Waals surface area (Å²) >= 11 is 0. The molecule has 0 unspecified atom stereocenters. The first-order valence-electron chi connectivity index (χ1n) is 8.52. The van der Waals surface area contributed by atoms with Crippen molar-refractivity contribution in [2.24, 2.45) is 0 Å². The summed E-state index contributed by atoms with van der Waals surface area (Å²) in [4.78, 5) is 24.4. The van der Waals surface area contributed by atoms with E-state index in [0.717, 1.165) is 27.9 Å². The number of nitrogens with zero attached hydrogens (tertiary/aromatic N) is 2. The minimum atomic E-state index is -3.90. The Morgan fingerprint density at radius 3 is 2.39 bits per heavy atom. The average Bonchev–Trinajstić information content (AvgIpc) is 2.65. The fraction of sp³-hybridized carbons (Fsp3) is 0.150. The monoisotopic (exact) mass is 397 g/mol. The number of anilines is 1. The SMILES string of the molecule is Cc1ccc(NC(=O)Cn2nc(S(=O)(=O)c3cccc(C)c3)ccc2=O)cc1. The molecule has 0 atom stereocenters. The molecule has 0 saturated heterocycles. The van der Waals surface area contributed by atoms with Crippen LogP contribution >= 0.6 is 0 Å². The van der Waals surface area contributed by atoms with Crippen LogP contribution in [0, 0.1) is 13.8 Å². The van der Waals surface area contributed by atoms with Gasteiger partial charge in [0, 0.05) is 11.8 Å². The second-order valence-electron chi connectivity index (χ2n) is 6.40. The van der Waals surface area contributed by atoms with Gasteiger partial charge in [-0.3, -0.25) is 9.59 Å². The van der Waals surface area contributed by atoms with Crippen molar-refractivity contribution in [3.05, 3.63) is 82.1 Å². The molecule has 1 aromatic heterocycles. The zero-order valence-electron chi connectivity index (χ0n) is 15.4. The molecule has 2 aromatic carbocycles. The molecule has 3 rings (SSSR count). The minimum absolute atomic E-state index is 0.0781. The van der Waals surface area contributed by atoms with E-state index in [9.17, 15) is 18.0 Å². The van der Waals surface area contributed by atoms with E-state index in [1.54, 1.807) is 31.2 Å². The van der Waals surface area contributed by atoms with Gasteiger partial charge in [-0.05, 0) is 49.7 Å². The Hall–Kier alpha value is -3.26. The number of hydrogen-bond donors (Lipinski definition) is 1. The molecule has 1 N–H and O–H groups in total. The number of sulfone groups is 1. The van der Waals surface area contributed by atoms with Crippen LogP contribution in [-0.2, 0) is 21.2 Å². The molecule has 0 aliphatic rings. The van der Waals surface area contributed by atoms with Crippen molar-refractivity contribution in [3.8, 4) is 0 Å². The summed E-state index contributed by atoms with van der Waals surface area (Å²) < 4.78 is 26.4. The Morgan fingerprint density at radius 1 is 1.00 bits per heavy atom. The maximum absolute atomic E-state index is 12.8. The number of aromatic nitrogens is 2. The molecule has 0 fully saturated rings. The van der Waals surface area contributed by atoms with Crippen LogP contribution in [0.4, 0.5) is 5.69 Å². The number of aryl methyl sites for hydroxylation is 2. The van der Waals surface area contributed by atoms with Gasteiger partial charge in [-0.25, -0.2) is 13.1 Å². The van der Waals surface area contributed by atoms with Crippen molar-refractivity contribution in [3.63, 3.8) is 0 Å². The van der Waals surface area contributed by atoms with Gasteiger partial charge in [0.15, 0.2) is 5.03 Å². The van der Waals surface area contributed by atoms with E-state index in [1.165, 1.54) is 12.1 Å². The molecular formula is C20H19N3O4S. The standard InChI is InChI=1S/C20H19N3O4S/c1-14-6-8-16(9-7-14)21-18(24)13-23-20(25)11-10-19(22-23)28(26,27)17-5-3-4-15(2)12-17/h3-12H,13H2,1-2H3,(H,21,24). The molecule has 0 radical (unpaired) electrons. The highest BCUT2D eigenvalue weighted by Crippen LogP contribution is 2.19. The Balaban J connectivity index is 1.86. The summed E-state index contributed by atoms with van der Waals surface area (Å²) in [5.74, 6) is -0.483. The predicted molar refractivity (Wildman–Crippen MR) is 105 cm³/mol. The molecule has 0 bridgehead atoms. The lowest BCUT2D eigenvalue weighted by atomic mass is 10.2. The van der Waals surface area contributed by atoms with Crippen LogP contribution in [0.25, 0.3) is 0 Å². The maximum Gasteiger partial charge on any atom is 0.267 e. The minimum Gasteiger partial charge on any atom is -0.324 e. The van der Waals surface area contributed by atoms with Crippen molar-refractivity contribution in [1.29, 1.82) is 0 Å². The molecule has 7 nitrogen and oxygen atoms in total. The first kappa shape index (κ1) is 19.5. The lowest BCUT2D eigenvalue weighted by Crippen LogP contribution is -2.30. The van der Waals surface area contributed by atoms with E-state index in [-0.39, 0.29) is 9.92 Å². The number of benzene rings is 2.